The number of aromatic nitrogens is 2. The van der Waals surface area contributed by atoms with Crippen LogP contribution in [-0.4, -0.2) is 46.4 Å². The summed E-state index contributed by atoms with van der Waals surface area (Å²) in [6.07, 6.45) is 5.27. The first-order valence-corrected chi connectivity index (χ1v) is 7.93. The maximum atomic E-state index is 13.9. The number of hydrogen-bond donors (Lipinski definition) is 0. The third-order valence-electron chi connectivity index (χ3n) is 4.42. The number of imidazole rings is 1. The first-order chi connectivity index (χ1) is 11.7. The fourth-order valence-electron chi connectivity index (χ4n) is 3.09. The van der Waals surface area contributed by atoms with Crippen LogP contribution < -0.4 is 4.90 Å². The molecular formula is C18H17FN4O. The van der Waals surface area contributed by atoms with Gasteiger partial charge in [0.1, 0.15) is 5.82 Å². The number of carbonyl (C=O) groups is 1. The number of anilines is 1. The summed E-state index contributed by atoms with van der Waals surface area (Å²) in [6, 6.07) is 10.4. The number of fused-ring (bicyclic) bond motifs is 1. The molecule has 0 spiro atoms. The molecule has 1 amide bonds. The van der Waals surface area contributed by atoms with E-state index in [0.29, 0.717) is 37.4 Å². The molecule has 5 nitrogen and oxygen atoms in total. The summed E-state index contributed by atoms with van der Waals surface area (Å²) in [5.41, 5.74) is 2.15. The minimum absolute atomic E-state index is 0.00637. The average Bonchev–Trinajstić information content (AvgIpc) is 3.09. The van der Waals surface area contributed by atoms with Gasteiger partial charge in [-0.1, -0.05) is 12.1 Å². The number of para-hydroxylation sites is 1. The topological polar surface area (TPSA) is 40.9 Å². The lowest BCUT2D eigenvalue weighted by atomic mass is 10.2. The van der Waals surface area contributed by atoms with E-state index in [-0.39, 0.29) is 11.7 Å². The highest BCUT2D eigenvalue weighted by Gasteiger charge is 2.23. The van der Waals surface area contributed by atoms with E-state index in [0.717, 1.165) is 5.52 Å². The van der Waals surface area contributed by atoms with Gasteiger partial charge < -0.3 is 14.2 Å². The number of piperazine rings is 1. The van der Waals surface area contributed by atoms with E-state index in [1.165, 1.54) is 6.07 Å². The van der Waals surface area contributed by atoms with Crippen LogP contribution in [0.4, 0.5) is 10.1 Å². The van der Waals surface area contributed by atoms with Crippen molar-refractivity contribution in [1.82, 2.24) is 14.3 Å². The lowest BCUT2D eigenvalue weighted by molar-refractivity contribution is 0.0746. The Bertz CT molecular complexity index is 883. The first-order valence-electron chi connectivity index (χ1n) is 7.93. The highest BCUT2D eigenvalue weighted by Crippen LogP contribution is 2.21. The van der Waals surface area contributed by atoms with Gasteiger partial charge in [0, 0.05) is 37.9 Å². The Balaban J connectivity index is 1.47. The molecule has 2 aromatic heterocycles. The Kier molecular flexibility index (Phi) is 3.65. The van der Waals surface area contributed by atoms with Gasteiger partial charge in [-0.3, -0.25) is 4.79 Å². The summed E-state index contributed by atoms with van der Waals surface area (Å²) in [6.45, 7) is 2.42. The van der Waals surface area contributed by atoms with E-state index >= 15 is 0 Å². The smallest absolute Gasteiger partial charge is 0.254 e. The summed E-state index contributed by atoms with van der Waals surface area (Å²) in [5.74, 6) is -0.213. The Hall–Kier alpha value is -2.89. The molecule has 1 aliphatic heterocycles. The van der Waals surface area contributed by atoms with Crippen molar-refractivity contribution in [1.29, 1.82) is 0 Å². The molecule has 3 aromatic rings. The van der Waals surface area contributed by atoms with Crippen LogP contribution in [0.15, 0.2) is 55.1 Å². The zero-order valence-corrected chi connectivity index (χ0v) is 13.1. The van der Waals surface area contributed by atoms with E-state index in [9.17, 15) is 9.18 Å². The number of halogens is 1. The third kappa shape index (κ3) is 2.60. The molecule has 1 aromatic carbocycles. The van der Waals surface area contributed by atoms with Gasteiger partial charge in [-0.2, -0.15) is 0 Å². The second kappa shape index (κ2) is 5.96. The van der Waals surface area contributed by atoms with Crippen molar-refractivity contribution in [3.05, 3.63) is 66.5 Å². The van der Waals surface area contributed by atoms with Crippen LogP contribution in [0.25, 0.3) is 5.52 Å². The SMILES string of the molecule is O=C(c1ccn2cncc2c1)N1CCN(c2ccccc2F)CC1. The molecule has 4 rings (SSSR count). The maximum Gasteiger partial charge on any atom is 0.254 e. The molecule has 1 saturated heterocycles. The second-order valence-electron chi connectivity index (χ2n) is 5.87. The van der Waals surface area contributed by atoms with Crippen LogP contribution in [0.3, 0.4) is 0 Å². The molecule has 0 N–H and O–H groups in total. The number of pyridine rings is 1. The van der Waals surface area contributed by atoms with Gasteiger partial charge in [0.25, 0.3) is 5.91 Å². The molecule has 24 heavy (non-hydrogen) atoms. The quantitative estimate of drug-likeness (QED) is 0.727. The van der Waals surface area contributed by atoms with Crippen LogP contribution in [-0.2, 0) is 0 Å². The Morgan fingerprint density at radius 2 is 1.88 bits per heavy atom. The minimum Gasteiger partial charge on any atom is -0.366 e. The van der Waals surface area contributed by atoms with Crippen LogP contribution in [0.2, 0.25) is 0 Å². The fraction of sp³-hybridized carbons (Fsp3) is 0.222. The molecule has 1 aliphatic rings. The van der Waals surface area contributed by atoms with Gasteiger partial charge in [0.2, 0.25) is 0 Å². The van der Waals surface area contributed by atoms with Crippen LogP contribution in [0.1, 0.15) is 10.4 Å². The number of nitrogens with zero attached hydrogens (tertiary/aromatic N) is 4. The number of benzene rings is 1. The summed E-state index contributed by atoms with van der Waals surface area (Å²) in [4.78, 5) is 20.5. The third-order valence-corrected chi connectivity index (χ3v) is 4.42. The molecule has 122 valence electrons. The highest BCUT2D eigenvalue weighted by atomic mass is 19.1. The molecule has 0 radical (unpaired) electrons. The Morgan fingerprint density at radius 3 is 2.67 bits per heavy atom. The van der Waals surface area contributed by atoms with Gasteiger partial charge in [-0.05, 0) is 24.3 Å². The number of hydrogen-bond acceptors (Lipinski definition) is 3. The molecule has 0 bridgehead atoms. The van der Waals surface area contributed by atoms with Crippen molar-refractivity contribution in [3.63, 3.8) is 0 Å². The summed E-state index contributed by atoms with van der Waals surface area (Å²) < 4.78 is 15.8. The van der Waals surface area contributed by atoms with Gasteiger partial charge >= 0.3 is 0 Å². The van der Waals surface area contributed by atoms with Gasteiger partial charge in [-0.15, -0.1) is 0 Å². The summed E-state index contributed by atoms with van der Waals surface area (Å²) in [7, 11) is 0. The molecule has 0 atom stereocenters. The van der Waals surface area contributed by atoms with Crippen LogP contribution in [0.5, 0.6) is 0 Å². The number of rotatable bonds is 2. The molecule has 6 heteroatoms. The molecular weight excluding hydrogens is 307 g/mol. The van der Waals surface area contributed by atoms with Crippen molar-refractivity contribution < 1.29 is 9.18 Å². The zero-order chi connectivity index (χ0) is 16.5. The molecule has 0 saturated carbocycles. The Labute approximate surface area is 138 Å². The zero-order valence-electron chi connectivity index (χ0n) is 13.1. The number of amides is 1. The predicted molar refractivity (Wildman–Crippen MR) is 89.7 cm³/mol. The molecule has 0 aliphatic carbocycles. The van der Waals surface area contributed by atoms with Crippen LogP contribution >= 0.6 is 0 Å². The fourth-order valence-corrected chi connectivity index (χ4v) is 3.09. The van der Waals surface area contributed by atoms with Gasteiger partial charge in [0.05, 0.1) is 23.7 Å². The van der Waals surface area contributed by atoms with Crippen LogP contribution in [0, 0.1) is 5.82 Å². The normalized spacial score (nSPS) is 15.0. The van der Waals surface area contributed by atoms with E-state index in [1.807, 2.05) is 32.5 Å². The first kappa shape index (κ1) is 14.7. The predicted octanol–water partition coefficient (Wildman–Crippen LogP) is 2.44. The molecule has 1 fully saturated rings. The highest BCUT2D eigenvalue weighted by molar-refractivity contribution is 5.95. The van der Waals surface area contributed by atoms with E-state index < -0.39 is 0 Å². The molecule has 0 unspecified atom stereocenters. The monoisotopic (exact) mass is 324 g/mol. The maximum absolute atomic E-state index is 13.9. The van der Waals surface area contributed by atoms with Crippen molar-refractivity contribution in [2.24, 2.45) is 0 Å². The Morgan fingerprint density at radius 1 is 1.08 bits per heavy atom. The van der Waals surface area contributed by atoms with Crippen molar-refractivity contribution >= 4 is 17.1 Å². The minimum atomic E-state index is -0.219. The van der Waals surface area contributed by atoms with Gasteiger partial charge in [-0.25, -0.2) is 9.37 Å². The van der Waals surface area contributed by atoms with E-state index in [4.69, 9.17) is 0 Å². The van der Waals surface area contributed by atoms with E-state index in [2.05, 4.69) is 4.98 Å². The van der Waals surface area contributed by atoms with Crippen molar-refractivity contribution in [3.8, 4) is 0 Å². The molecule has 3 heterocycles. The summed E-state index contributed by atoms with van der Waals surface area (Å²) >= 11 is 0. The number of carbonyl (C=O) groups excluding carboxylic acids is 1. The van der Waals surface area contributed by atoms with Crippen molar-refractivity contribution in [2.75, 3.05) is 31.1 Å². The lowest BCUT2D eigenvalue weighted by Gasteiger charge is -2.36. The van der Waals surface area contributed by atoms with Crippen molar-refractivity contribution in [2.45, 2.75) is 0 Å². The standard InChI is InChI=1S/C18H17FN4O/c19-16-3-1-2-4-17(16)21-7-9-22(10-8-21)18(24)14-5-6-23-13-20-12-15(23)11-14/h1-6,11-13H,7-10H2. The van der Waals surface area contributed by atoms with Gasteiger partial charge in [0.15, 0.2) is 0 Å². The average molecular weight is 324 g/mol. The van der Waals surface area contributed by atoms with E-state index in [1.54, 1.807) is 30.7 Å². The largest absolute Gasteiger partial charge is 0.366 e. The lowest BCUT2D eigenvalue weighted by Crippen LogP contribution is -2.49. The second-order valence-corrected chi connectivity index (χ2v) is 5.87. The summed E-state index contributed by atoms with van der Waals surface area (Å²) in [5, 5.41) is 0.